The van der Waals surface area contributed by atoms with E-state index in [1.807, 2.05) is 25.1 Å². The quantitative estimate of drug-likeness (QED) is 0.751. The van der Waals surface area contributed by atoms with Crippen LogP contribution >= 0.6 is 0 Å². The van der Waals surface area contributed by atoms with Crippen LogP contribution in [0.25, 0.3) is 5.82 Å². The van der Waals surface area contributed by atoms with Gasteiger partial charge in [0.15, 0.2) is 5.82 Å². The number of amides is 1. The number of pyridine rings is 1. The molecule has 0 bridgehead atoms. The normalized spacial score (nSPS) is 13.2. The van der Waals surface area contributed by atoms with Gasteiger partial charge in [-0.1, -0.05) is 30.3 Å². The highest BCUT2D eigenvalue weighted by atomic mass is 16.3. The lowest BCUT2D eigenvalue weighted by atomic mass is 9.92. The number of aryl methyl sites for hydroxylation is 1. The molecule has 3 aromatic rings. The number of hydrogen-bond acceptors (Lipinski definition) is 4. The second-order valence-electron chi connectivity index (χ2n) is 6.08. The van der Waals surface area contributed by atoms with Crippen LogP contribution in [-0.2, 0) is 10.4 Å². The lowest BCUT2D eigenvalue weighted by Crippen LogP contribution is -2.28. The lowest BCUT2D eigenvalue weighted by molar-refractivity contribution is -0.120. The smallest absolute Gasteiger partial charge is 0.227 e. The minimum atomic E-state index is -1.25. The van der Waals surface area contributed by atoms with Gasteiger partial charge in [-0.15, -0.1) is 0 Å². The Bertz CT molecular complexity index is 872. The van der Waals surface area contributed by atoms with Gasteiger partial charge >= 0.3 is 0 Å². The Labute approximate surface area is 146 Å². The van der Waals surface area contributed by atoms with Crippen LogP contribution in [0.15, 0.2) is 61.1 Å². The van der Waals surface area contributed by atoms with Gasteiger partial charge in [-0.2, -0.15) is 0 Å². The molecule has 0 aliphatic rings. The molecule has 0 saturated heterocycles. The maximum atomic E-state index is 12.5. The van der Waals surface area contributed by atoms with Gasteiger partial charge in [0.2, 0.25) is 5.91 Å². The van der Waals surface area contributed by atoms with Gasteiger partial charge in [-0.25, -0.2) is 9.97 Å². The Morgan fingerprint density at radius 3 is 2.60 bits per heavy atom. The number of carbonyl (C=O) groups is 1. The van der Waals surface area contributed by atoms with Crippen molar-refractivity contribution >= 4 is 11.6 Å². The first kappa shape index (κ1) is 16.9. The molecule has 0 radical (unpaired) electrons. The lowest BCUT2D eigenvalue weighted by Gasteiger charge is -2.23. The summed E-state index contributed by atoms with van der Waals surface area (Å²) in [6.45, 7) is 3.49. The third kappa shape index (κ3) is 3.75. The fraction of sp³-hybridized carbons (Fsp3) is 0.211. The van der Waals surface area contributed by atoms with Crippen molar-refractivity contribution in [1.29, 1.82) is 0 Å². The molecule has 3 rings (SSSR count). The maximum Gasteiger partial charge on any atom is 0.227 e. The Kier molecular flexibility index (Phi) is 4.63. The van der Waals surface area contributed by atoms with Gasteiger partial charge in [0, 0.05) is 18.6 Å². The third-order valence-corrected chi connectivity index (χ3v) is 4.02. The molecule has 1 atom stereocenters. The molecule has 2 N–H and O–H groups in total. The van der Waals surface area contributed by atoms with Crippen LogP contribution in [0, 0.1) is 6.92 Å². The summed E-state index contributed by atoms with van der Waals surface area (Å²) in [6.07, 6.45) is 5.06. The van der Waals surface area contributed by atoms with Crippen LogP contribution in [0.4, 0.5) is 5.69 Å². The standard InChI is InChI=1S/C19H20N4O2/c1-14-20-11-12-23(14)18-16(9-6-10-21-18)22-17(24)13-19(2,25)15-7-4-3-5-8-15/h3-12,25H,13H2,1-2H3,(H,22,24). The van der Waals surface area contributed by atoms with Gasteiger partial charge in [0.05, 0.1) is 17.7 Å². The van der Waals surface area contributed by atoms with Gasteiger partial charge in [-0.3, -0.25) is 9.36 Å². The van der Waals surface area contributed by atoms with E-state index in [2.05, 4.69) is 15.3 Å². The molecule has 6 heteroatoms. The molecule has 0 fully saturated rings. The predicted molar refractivity (Wildman–Crippen MR) is 95.4 cm³/mol. The first-order chi connectivity index (χ1) is 12.0. The summed E-state index contributed by atoms with van der Waals surface area (Å²) in [4.78, 5) is 21.0. The molecule has 0 aliphatic carbocycles. The molecule has 6 nitrogen and oxygen atoms in total. The first-order valence-electron chi connectivity index (χ1n) is 8.00. The van der Waals surface area contributed by atoms with E-state index in [4.69, 9.17) is 0 Å². The van der Waals surface area contributed by atoms with Gasteiger partial charge < -0.3 is 10.4 Å². The second kappa shape index (κ2) is 6.86. The summed E-state index contributed by atoms with van der Waals surface area (Å²) < 4.78 is 1.80. The number of benzene rings is 1. The van der Waals surface area contributed by atoms with Crippen molar-refractivity contribution in [3.63, 3.8) is 0 Å². The monoisotopic (exact) mass is 336 g/mol. The van der Waals surface area contributed by atoms with E-state index >= 15 is 0 Å². The van der Waals surface area contributed by atoms with E-state index < -0.39 is 5.60 Å². The molecule has 2 heterocycles. The molecule has 1 amide bonds. The molecule has 1 aromatic carbocycles. The van der Waals surface area contributed by atoms with Crippen molar-refractivity contribution in [2.75, 3.05) is 5.32 Å². The van der Waals surface area contributed by atoms with E-state index in [0.29, 0.717) is 17.1 Å². The van der Waals surface area contributed by atoms with Crippen molar-refractivity contribution in [2.45, 2.75) is 25.9 Å². The Balaban J connectivity index is 1.79. The van der Waals surface area contributed by atoms with E-state index in [0.717, 1.165) is 5.82 Å². The van der Waals surface area contributed by atoms with Crippen molar-refractivity contribution in [1.82, 2.24) is 14.5 Å². The van der Waals surface area contributed by atoms with Gasteiger partial charge in [0.1, 0.15) is 5.82 Å². The molecule has 2 aromatic heterocycles. The van der Waals surface area contributed by atoms with E-state index in [-0.39, 0.29) is 12.3 Å². The maximum absolute atomic E-state index is 12.5. The predicted octanol–water partition coefficient (Wildman–Crippen LogP) is 2.81. The molecule has 1 unspecified atom stereocenters. The number of aromatic nitrogens is 3. The zero-order valence-corrected chi connectivity index (χ0v) is 14.2. The Hall–Kier alpha value is -2.99. The summed E-state index contributed by atoms with van der Waals surface area (Å²) in [5.74, 6) is 1.07. The van der Waals surface area contributed by atoms with Crippen LogP contribution in [0.1, 0.15) is 24.7 Å². The summed E-state index contributed by atoms with van der Waals surface area (Å²) in [6, 6.07) is 12.7. The Morgan fingerprint density at radius 2 is 1.92 bits per heavy atom. The van der Waals surface area contributed by atoms with E-state index in [9.17, 15) is 9.90 Å². The fourth-order valence-corrected chi connectivity index (χ4v) is 2.69. The summed E-state index contributed by atoms with van der Waals surface area (Å²) in [5.41, 5.74) is 0.0121. The topological polar surface area (TPSA) is 80.0 Å². The van der Waals surface area contributed by atoms with Crippen LogP contribution in [-0.4, -0.2) is 25.5 Å². The molecular weight excluding hydrogens is 316 g/mol. The molecule has 0 aliphatic heterocycles. The zero-order valence-electron chi connectivity index (χ0n) is 14.2. The summed E-state index contributed by atoms with van der Waals surface area (Å²) in [7, 11) is 0. The number of hydrogen-bond donors (Lipinski definition) is 2. The highest BCUT2D eigenvalue weighted by Gasteiger charge is 2.27. The fourth-order valence-electron chi connectivity index (χ4n) is 2.69. The number of anilines is 1. The van der Waals surface area contributed by atoms with Gasteiger partial charge in [-0.05, 0) is 31.5 Å². The molecule has 0 saturated carbocycles. The minimum absolute atomic E-state index is 0.0613. The van der Waals surface area contributed by atoms with Crippen molar-refractivity contribution < 1.29 is 9.90 Å². The molecule has 25 heavy (non-hydrogen) atoms. The molecule has 0 spiro atoms. The number of nitrogens with one attached hydrogen (secondary N) is 1. The summed E-state index contributed by atoms with van der Waals surface area (Å²) in [5, 5.41) is 13.5. The van der Waals surface area contributed by atoms with Crippen LogP contribution < -0.4 is 5.32 Å². The van der Waals surface area contributed by atoms with Crippen molar-refractivity contribution in [3.05, 3.63) is 72.4 Å². The summed E-state index contributed by atoms with van der Waals surface area (Å²) >= 11 is 0. The number of carbonyl (C=O) groups excluding carboxylic acids is 1. The highest BCUT2D eigenvalue weighted by Crippen LogP contribution is 2.25. The number of nitrogens with zero attached hydrogens (tertiary/aromatic N) is 3. The van der Waals surface area contributed by atoms with Crippen LogP contribution in [0.5, 0.6) is 0 Å². The molecule has 128 valence electrons. The minimum Gasteiger partial charge on any atom is -0.385 e. The average molecular weight is 336 g/mol. The number of aliphatic hydroxyl groups is 1. The highest BCUT2D eigenvalue weighted by molar-refractivity contribution is 5.93. The third-order valence-electron chi connectivity index (χ3n) is 4.02. The second-order valence-corrected chi connectivity index (χ2v) is 6.08. The van der Waals surface area contributed by atoms with E-state index in [1.54, 1.807) is 54.3 Å². The average Bonchev–Trinajstić information content (AvgIpc) is 3.01. The number of imidazole rings is 1. The Morgan fingerprint density at radius 1 is 1.16 bits per heavy atom. The van der Waals surface area contributed by atoms with Crippen LogP contribution in [0.3, 0.4) is 0 Å². The van der Waals surface area contributed by atoms with Crippen LogP contribution in [0.2, 0.25) is 0 Å². The van der Waals surface area contributed by atoms with E-state index in [1.165, 1.54) is 0 Å². The largest absolute Gasteiger partial charge is 0.385 e. The molecular formula is C19H20N4O2. The SMILES string of the molecule is Cc1nccn1-c1ncccc1NC(=O)CC(C)(O)c1ccccc1. The zero-order chi connectivity index (χ0) is 17.9. The number of rotatable bonds is 5. The first-order valence-corrected chi connectivity index (χ1v) is 8.00. The van der Waals surface area contributed by atoms with Gasteiger partial charge in [0.25, 0.3) is 0 Å². The van der Waals surface area contributed by atoms with Crippen molar-refractivity contribution in [2.24, 2.45) is 0 Å². The van der Waals surface area contributed by atoms with Crippen molar-refractivity contribution in [3.8, 4) is 5.82 Å².